The summed E-state index contributed by atoms with van der Waals surface area (Å²) in [4.78, 5) is 4.65. The van der Waals surface area contributed by atoms with Crippen molar-refractivity contribution in [3.05, 3.63) is 0 Å². The van der Waals surface area contributed by atoms with E-state index in [2.05, 4.69) is 45.3 Å². The molecule has 0 saturated carbocycles. The van der Waals surface area contributed by atoms with Gasteiger partial charge in [0, 0.05) is 0 Å². The van der Waals surface area contributed by atoms with E-state index in [1.807, 2.05) is 0 Å². The zero-order chi connectivity index (χ0) is 8.15. The van der Waals surface area contributed by atoms with Gasteiger partial charge in [0.2, 0.25) is 0 Å². The summed E-state index contributed by atoms with van der Waals surface area (Å²) in [6.07, 6.45) is 0. The molecule has 0 aliphatic heterocycles. The van der Waals surface area contributed by atoms with Crippen LogP contribution in [0, 0.1) is 0 Å². The maximum absolute atomic E-state index is 2.42. The predicted octanol–water partition coefficient (Wildman–Crippen LogP) is -0.492. The van der Waals surface area contributed by atoms with Crippen molar-refractivity contribution in [1.29, 1.82) is 0 Å². The van der Waals surface area contributed by atoms with Crippen molar-refractivity contribution in [1.82, 2.24) is 9.62 Å². The first-order valence-electron chi connectivity index (χ1n) is 4.03. The van der Waals surface area contributed by atoms with Crippen molar-refractivity contribution < 1.29 is 0 Å². The Morgan fingerprint density at radius 3 is 1.70 bits per heavy atom. The average molecular weight is 140 g/mol. The lowest BCUT2D eigenvalue weighted by atomic mass is 9.50. The van der Waals surface area contributed by atoms with Crippen molar-refractivity contribution in [2.45, 2.75) is 13.8 Å². The summed E-state index contributed by atoms with van der Waals surface area (Å²) in [6, 6.07) is 0. The normalized spacial score (nSPS) is 11.0. The van der Waals surface area contributed by atoms with Gasteiger partial charge in [0.05, 0.1) is 0 Å². The van der Waals surface area contributed by atoms with E-state index in [4.69, 9.17) is 0 Å². The molecule has 10 heavy (non-hydrogen) atoms. The molecule has 0 bridgehead atoms. The predicted molar refractivity (Wildman–Crippen MR) is 50.9 cm³/mol. The Labute approximate surface area is 66.1 Å². The highest BCUT2D eigenvalue weighted by molar-refractivity contribution is 6.99. The van der Waals surface area contributed by atoms with Crippen LogP contribution in [0.3, 0.4) is 0 Å². The van der Waals surface area contributed by atoms with Gasteiger partial charge in [-0.05, 0) is 27.2 Å². The van der Waals surface area contributed by atoms with Gasteiger partial charge in [0.15, 0.2) is 0 Å². The standard InChI is InChI=1S/C6H18B2N2/c1-5-10(6-2)8(7)9(3)4/h5-7H2,1-4H3. The summed E-state index contributed by atoms with van der Waals surface area (Å²) in [5, 5.41) is 0. The Hall–Kier alpha value is 0.0499. The van der Waals surface area contributed by atoms with Crippen LogP contribution in [0.4, 0.5) is 0 Å². The molecule has 0 aromatic rings. The van der Waals surface area contributed by atoms with Crippen molar-refractivity contribution in [3.63, 3.8) is 0 Å². The highest BCUT2D eigenvalue weighted by Crippen LogP contribution is 1.91. The van der Waals surface area contributed by atoms with E-state index in [1.165, 1.54) is 0 Å². The fourth-order valence-electron chi connectivity index (χ4n) is 1.08. The van der Waals surface area contributed by atoms with Crippen LogP contribution in [-0.2, 0) is 0 Å². The van der Waals surface area contributed by atoms with Crippen molar-refractivity contribution in [2.75, 3.05) is 27.2 Å². The second kappa shape index (κ2) is 4.80. The van der Waals surface area contributed by atoms with Gasteiger partial charge in [-0.15, -0.1) is 0 Å². The molecule has 0 saturated heterocycles. The molecule has 0 aliphatic rings. The van der Waals surface area contributed by atoms with Crippen molar-refractivity contribution in [2.24, 2.45) is 0 Å². The van der Waals surface area contributed by atoms with E-state index in [-0.39, 0.29) is 0 Å². The van der Waals surface area contributed by atoms with Gasteiger partial charge in [-0.3, -0.25) is 0 Å². The monoisotopic (exact) mass is 140 g/mol. The quantitative estimate of drug-likeness (QED) is 0.486. The first kappa shape index (κ1) is 10.0. The lowest BCUT2D eigenvalue weighted by Gasteiger charge is -2.28. The van der Waals surface area contributed by atoms with Gasteiger partial charge in [0.25, 0.3) is 6.87 Å². The summed E-state index contributed by atoms with van der Waals surface area (Å²) in [5.74, 6) is 0. The third-order valence-corrected chi connectivity index (χ3v) is 2.09. The summed E-state index contributed by atoms with van der Waals surface area (Å²) in [7, 11) is 6.46. The Morgan fingerprint density at radius 1 is 1.20 bits per heavy atom. The Bertz CT molecular complexity index is 83.8. The first-order valence-corrected chi connectivity index (χ1v) is 4.03. The SMILES string of the molecule is BB(N(C)C)N(CC)CC. The number of hydrogen-bond donors (Lipinski definition) is 0. The maximum atomic E-state index is 2.42. The highest BCUT2D eigenvalue weighted by atomic mass is 15.2. The summed E-state index contributed by atoms with van der Waals surface area (Å²) in [5.41, 5.74) is 0. The van der Waals surface area contributed by atoms with E-state index >= 15 is 0 Å². The molecule has 0 atom stereocenters. The van der Waals surface area contributed by atoms with Gasteiger partial charge in [0.1, 0.15) is 7.74 Å². The lowest BCUT2D eigenvalue weighted by Crippen LogP contribution is -2.50. The highest BCUT2D eigenvalue weighted by Gasteiger charge is 2.15. The minimum Gasteiger partial charge on any atom is -0.341 e. The molecule has 0 aromatic heterocycles. The minimum absolute atomic E-state index is 0.565. The van der Waals surface area contributed by atoms with E-state index in [0.717, 1.165) is 13.1 Å². The Balaban J connectivity index is 3.76. The fraction of sp³-hybridized carbons (Fsp3) is 1.00. The molecule has 58 valence electrons. The largest absolute Gasteiger partial charge is 0.341 e. The molecule has 0 unspecified atom stereocenters. The molecule has 2 nitrogen and oxygen atoms in total. The number of rotatable bonds is 4. The van der Waals surface area contributed by atoms with E-state index < -0.39 is 0 Å². The average Bonchev–Trinajstić information content (AvgIpc) is 1.90. The van der Waals surface area contributed by atoms with Crippen molar-refractivity contribution >= 4 is 14.6 Å². The van der Waals surface area contributed by atoms with Crippen LogP contribution in [0.2, 0.25) is 0 Å². The molecular weight excluding hydrogens is 122 g/mol. The van der Waals surface area contributed by atoms with Crippen LogP contribution in [-0.4, -0.2) is 51.4 Å². The molecule has 0 fully saturated rings. The fourth-order valence-corrected chi connectivity index (χ4v) is 1.08. The molecule has 0 aliphatic carbocycles. The number of nitrogens with zero attached hydrogens (tertiary/aromatic N) is 2. The molecule has 0 amide bonds. The van der Waals surface area contributed by atoms with E-state index in [9.17, 15) is 0 Å². The molecule has 0 spiro atoms. The molecule has 4 heteroatoms. The van der Waals surface area contributed by atoms with Gasteiger partial charge in [-0.2, -0.15) is 0 Å². The molecule has 0 heterocycles. The third kappa shape index (κ3) is 2.76. The van der Waals surface area contributed by atoms with Gasteiger partial charge >= 0.3 is 0 Å². The molecule has 0 aromatic carbocycles. The Kier molecular flexibility index (Phi) is 4.83. The molecule has 0 radical (unpaired) electrons. The smallest absolute Gasteiger partial charge is 0.259 e. The Morgan fingerprint density at radius 2 is 1.60 bits per heavy atom. The topological polar surface area (TPSA) is 6.48 Å². The van der Waals surface area contributed by atoms with Crippen LogP contribution in [0.1, 0.15) is 13.8 Å². The zero-order valence-corrected chi connectivity index (χ0v) is 7.89. The van der Waals surface area contributed by atoms with Crippen LogP contribution in [0.25, 0.3) is 0 Å². The van der Waals surface area contributed by atoms with Gasteiger partial charge in [-0.1, -0.05) is 13.8 Å². The van der Waals surface area contributed by atoms with Gasteiger partial charge in [-0.25, -0.2) is 0 Å². The molecular formula is C6H18B2N2. The van der Waals surface area contributed by atoms with Crippen LogP contribution in [0.15, 0.2) is 0 Å². The van der Waals surface area contributed by atoms with Gasteiger partial charge < -0.3 is 9.62 Å². The minimum atomic E-state index is 0.565. The van der Waals surface area contributed by atoms with Crippen LogP contribution >= 0.6 is 0 Å². The van der Waals surface area contributed by atoms with Crippen molar-refractivity contribution in [3.8, 4) is 0 Å². The second-order valence-corrected chi connectivity index (χ2v) is 2.82. The summed E-state index contributed by atoms with van der Waals surface area (Å²) >= 11 is 0. The van der Waals surface area contributed by atoms with E-state index in [1.54, 1.807) is 0 Å². The molecule has 0 N–H and O–H groups in total. The second-order valence-electron chi connectivity index (χ2n) is 2.82. The summed E-state index contributed by atoms with van der Waals surface area (Å²) < 4.78 is 0. The summed E-state index contributed by atoms with van der Waals surface area (Å²) in [6.45, 7) is 7.23. The number of hydrogen-bond acceptors (Lipinski definition) is 2. The van der Waals surface area contributed by atoms with Crippen LogP contribution < -0.4 is 0 Å². The zero-order valence-electron chi connectivity index (χ0n) is 7.89. The maximum Gasteiger partial charge on any atom is 0.259 e. The first-order chi connectivity index (χ1) is 4.63. The molecule has 0 rings (SSSR count). The lowest BCUT2D eigenvalue weighted by molar-refractivity contribution is 0.440. The van der Waals surface area contributed by atoms with E-state index in [0.29, 0.717) is 6.87 Å². The third-order valence-electron chi connectivity index (χ3n) is 2.09. The van der Waals surface area contributed by atoms with Crippen LogP contribution in [0.5, 0.6) is 0 Å².